The van der Waals surface area contributed by atoms with Crippen LogP contribution in [0, 0.1) is 0 Å². The minimum atomic E-state index is -0.101. The second-order valence-electron chi connectivity index (χ2n) is 9.10. The average Bonchev–Trinajstić information content (AvgIpc) is 3.31. The number of nitrogens with zero attached hydrogens (tertiary/aromatic N) is 6. The molecule has 0 saturated carbocycles. The predicted octanol–water partition coefficient (Wildman–Crippen LogP) is 2.60. The first-order valence-corrected chi connectivity index (χ1v) is 12.4. The molecule has 1 aromatic heterocycles. The van der Waals surface area contributed by atoms with Gasteiger partial charge in [0.25, 0.3) is 5.91 Å². The van der Waals surface area contributed by atoms with E-state index in [1.807, 2.05) is 35.8 Å². The van der Waals surface area contributed by atoms with E-state index in [0.717, 1.165) is 63.5 Å². The van der Waals surface area contributed by atoms with Crippen LogP contribution >= 0.6 is 0 Å². The van der Waals surface area contributed by atoms with Crippen LogP contribution in [0.5, 0.6) is 0 Å². The van der Waals surface area contributed by atoms with Crippen molar-refractivity contribution in [2.24, 2.45) is 0 Å². The van der Waals surface area contributed by atoms with Gasteiger partial charge in [0.1, 0.15) is 5.82 Å². The van der Waals surface area contributed by atoms with Gasteiger partial charge in [-0.05, 0) is 38.0 Å². The number of piperazine rings is 1. The maximum atomic E-state index is 13.7. The first-order valence-electron chi connectivity index (χ1n) is 12.4. The van der Waals surface area contributed by atoms with Crippen molar-refractivity contribution in [2.45, 2.75) is 39.2 Å². The van der Waals surface area contributed by atoms with Crippen LogP contribution in [0.15, 0.2) is 30.5 Å². The highest BCUT2D eigenvalue weighted by molar-refractivity contribution is 6.09. The third kappa shape index (κ3) is 4.15. The first kappa shape index (κ1) is 22.4. The Morgan fingerprint density at radius 2 is 1.91 bits per heavy atom. The van der Waals surface area contributed by atoms with E-state index < -0.39 is 0 Å². The number of benzene rings is 1. The van der Waals surface area contributed by atoms with Gasteiger partial charge in [-0.3, -0.25) is 9.59 Å². The molecule has 0 spiro atoms. The first-order chi connectivity index (χ1) is 16.6. The van der Waals surface area contributed by atoms with E-state index in [1.165, 1.54) is 0 Å². The standard InChI is InChI=1S/C25H33N7O2/c1-3-22(33)30-13-11-29(12-14-30)18-7-5-8-19(15-18)32-17-20-9-6-10-31(20)24-23(25(32)34)27-16-21(28-24)26-4-2/h5,7-8,15-16,20H,3-4,6,9-14,17H2,1-2H3,(H,26,28). The lowest BCUT2D eigenvalue weighted by Gasteiger charge is -2.36. The molecule has 34 heavy (non-hydrogen) atoms. The molecule has 2 amide bonds. The topological polar surface area (TPSA) is 84.9 Å². The molecule has 2 aromatic rings. The number of nitrogens with one attached hydrogen (secondary N) is 1. The van der Waals surface area contributed by atoms with Gasteiger partial charge >= 0.3 is 0 Å². The molecule has 5 rings (SSSR count). The number of carbonyl (C=O) groups excluding carboxylic acids is 2. The van der Waals surface area contributed by atoms with Crippen molar-refractivity contribution in [2.75, 3.05) is 65.8 Å². The molecule has 0 radical (unpaired) electrons. The summed E-state index contributed by atoms with van der Waals surface area (Å²) in [6.45, 7) is 9.24. The highest BCUT2D eigenvalue weighted by Crippen LogP contribution is 2.34. The number of carbonyl (C=O) groups is 2. The number of hydrogen-bond donors (Lipinski definition) is 1. The number of anilines is 4. The number of fused-ring (bicyclic) bond motifs is 3. The zero-order valence-electron chi connectivity index (χ0n) is 20.0. The van der Waals surface area contributed by atoms with E-state index >= 15 is 0 Å². The maximum absolute atomic E-state index is 13.7. The van der Waals surface area contributed by atoms with Crippen molar-refractivity contribution in [1.29, 1.82) is 0 Å². The number of amides is 2. The van der Waals surface area contributed by atoms with E-state index in [4.69, 9.17) is 4.98 Å². The lowest BCUT2D eigenvalue weighted by atomic mass is 10.1. The second kappa shape index (κ2) is 9.48. The third-order valence-electron chi connectivity index (χ3n) is 7.04. The molecule has 2 fully saturated rings. The smallest absolute Gasteiger partial charge is 0.280 e. The van der Waals surface area contributed by atoms with Crippen molar-refractivity contribution in [3.63, 3.8) is 0 Å². The van der Waals surface area contributed by atoms with Crippen LogP contribution in [-0.4, -0.2) is 78.5 Å². The molecule has 9 heteroatoms. The summed E-state index contributed by atoms with van der Waals surface area (Å²) in [5.74, 6) is 1.51. The highest BCUT2D eigenvalue weighted by Gasteiger charge is 2.38. The quantitative estimate of drug-likeness (QED) is 0.730. The molecule has 3 aliphatic heterocycles. The molecule has 1 aromatic carbocycles. The summed E-state index contributed by atoms with van der Waals surface area (Å²) >= 11 is 0. The van der Waals surface area contributed by atoms with E-state index in [-0.39, 0.29) is 17.9 Å². The SMILES string of the molecule is CCNc1cnc2c(n1)N1CCCC1CN(c1cccc(N3CCN(C(=O)CC)CC3)c1)C2=O. The van der Waals surface area contributed by atoms with E-state index in [2.05, 4.69) is 32.2 Å². The lowest BCUT2D eigenvalue weighted by molar-refractivity contribution is -0.131. The summed E-state index contributed by atoms with van der Waals surface area (Å²) in [5.41, 5.74) is 2.38. The molecular weight excluding hydrogens is 430 g/mol. The lowest BCUT2D eigenvalue weighted by Crippen LogP contribution is -2.48. The van der Waals surface area contributed by atoms with Gasteiger partial charge in [-0.2, -0.15) is 0 Å². The van der Waals surface area contributed by atoms with Gasteiger partial charge in [0.2, 0.25) is 5.91 Å². The summed E-state index contributed by atoms with van der Waals surface area (Å²) in [6.07, 6.45) is 4.32. The van der Waals surface area contributed by atoms with Gasteiger partial charge in [-0.15, -0.1) is 0 Å². The molecule has 9 nitrogen and oxygen atoms in total. The Kier molecular flexibility index (Phi) is 6.26. The molecule has 2 saturated heterocycles. The van der Waals surface area contributed by atoms with Crippen LogP contribution in [0.25, 0.3) is 0 Å². The van der Waals surface area contributed by atoms with Gasteiger partial charge in [0.05, 0.1) is 6.20 Å². The van der Waals surface area contributed by atoms with Gasteiger partial charge in [-0.25, -0.2) is 9.97 Å². The van der Waals surface area contributed by atoms with Crippen molar-refractivity contribution < 1.29 is 9.59 Å². The molecule has 1 N–H and O–H groups in total. The van der Waals surface area contributed by atoms with Crippen LogP contribution in [0.3, 0.4) is 0 Å². The number of aromatic nitrogens is 2. The highest BCUT2D eigenvalue weighted by atomic mass is 16.2. The van der Waals surface area contributed by atoms with Gasteiger partial charge in [-0.1, -0.05) is 13.0 Å². The normalized spacial score (nSPS) is 20.2. The summed E-state index contributed by atoms with van der Waals surface area (Å²) in [6, 6.07) is 8.42. The number of rotatable bonds is 5. The van der Waals surface area contributed by atoms with Crippen LogP contribution in [0.4, 0.5) is 23.0 Å². The van der Waals surface area contributed by atoms with Crippen molar-refractivity contribution >= 4 is 34.8 Å². The fraction of sp³-hybridized carbons (Fsp3) is 0.520. The Morgan fingerprint density at radius 3 is 2.68 bits per heavy atom. The molecule has 3 aliphatic rings. The Morgan fingerprint density at radius 1 is 1.12 bits per heavy atom. The maximum Gasteiger partial charge on any atom is 0.280 e. The van der Waals surface area contributed by atoms with Gasteiger partial charge < -0.3 is 24.9 Å². The summed E-state index contributed by atoms with van der Waals surface area (Å²) < 4.78 is 0. The fourth-order valence-corrected chi connectivity index (χ4v) is 5.24. The largest absolute Gasteiger partial charge is 0.369 e. The molecule has 0 aliphatic carbocycles. The molecular formula is C25H33N7O2. The Balaban J connectivity index is 1.42. The average molecular weight is 464 g/mol. The molecule has 4 heterocycles. The van der Waals surface area contributed by atoms with Gasteiger partial charge in [0, 0.05) is 69.7 Å². The molecule has 1 unspecified atom stereocenters. The molecule has 0 bridgehead atoms. The summed E-state index contributed by atoms with van der Waals surface area (Å²) in [5, 5.41) is 3.22. The minimum absolute atomic E-state index is 0.101. The second-order valence-corrected chi connectivity index (χ2v) is 9.10. The zero-order chi connectivity index (χ0) is 23.7. The van der Waals surface area contributed by atoms with E-state index in [0.29, 0.717) is 30.3 Å². The van der Waals surface area contributed by atoms with E-state index in [1.54, 1.807) is 6.20 Å². The van der Waals surface area contributed by atoms with Gasteiger partial charge in [0.15, 0.2) is 11.5 Å². The molecule has 180 valence electrons. The van der Waals surface area contributed by atoms with Crippen molar-refractivity contribution in [1.82, 2.24) is 14.9 Å². The van der Waals surface area contributed by atoms with Crippen LogP contribution in [0.1, 0.15) is 43.6 Å². The summed E-state index contributed by atoms with van der Waals surface area (Å²) in [7, 11) is 0. The van der Waals surface area contributed by atoms with Crippen LogP contribution < -0.4 is 20.0 Å². The van der Waals surface area contributed by atoms with Crippen molar-refractivity contribution in [3.8, 4) is 0 Å². The fourth-order valence-electron chi connectivity index (χ4n) is 5.24. The number of hydrogen-bond acceptors (Lipinski definition) is 7. The minimum Gasteiger partial charge on any atom is -0.369 e. The zero-order valence-corrected chi connectivity index (χ0v) is 20.0. The third-order valence-corrected chi connectivity index (χ3v) is 7.04. The Labute approximate surface area is 200 Å². The molecule has 1 atom stereocenters. The summed E-state index contributed by atoms with van der Waals surface area (Å²) in [4.78, 5) is 43.4. The van der Waals surface area contributed by atoms with Crippen molar-refractivity contribution in [3.05, 3.63) is 36.2 Å². The van der Waals surface area contributed by atoms with E-state index in [9.17, 15) is 9.59 Å². The predicted molar refractivity (Wildman–Crippen MR) is 134 cm³/mol. The monoisotopic (exact) mass is 463 g/mol. The van der Waals surface area contributed by atoms with Crippen LogP contribution in [0.2, 0.25) is 0 Å². The van der Waals surface area contributed by atoms with Crippen LogP contribution in [-0.2, 0) is 4.79 Å². The Bertz CT molecular complexity index is 1070. The Hall–Kier alpha value is -3.36.